The Morgan fingerprint density at radius 1 is 0.935 bits per heavy atom. The third kappa shape index (κ3) is 4.97. The summed E-state index contributed by atoms with van der Waals surface area (Å²) in [6.07, 6.45) is 6.56. The van der Waals surface area contributed by atoms with Gasteiger partial charge in [-0.3, -0.25) is 0 Å². The van der Waals surface area contributed by atoms with Gasteiger partial charge in [0.2, 0.25) is 0 Å². The molecule has 0 bridgehead atoms. The molecule has 0 spiro atoms. The van der Waals surface area contributed by atoms with Crippen LogP contribution in [0.15, 0.2) is 73.8 Å². The van der Waals surface area contributed by atoms with Crippen molar-refractivity contribution >= 4 is 11.6 Å². The zero-order chi connectivity index (χ0) is 21.7. The Hall–Kier alpha value is -3.54. The summed E-state index contributed by atoms with van der Waals surface area (Å²) in [5.74, 6) is -0.328. The number of aliphatic hydroxyl groups is 1. The number of benzene rings is 2. The summed E-state index contributed by atoms with van der Waals surface area (Å²) in [6, 6.07) is 17.0. The van der Waals surface area contributed by atoms with Crippen molar-refractivity contribution in [1.82, 2.24) is 29.5 Å². The maximum absolute atomic E-state index is 12.0. The molecule has 1 unspecified atom stereocenters. The minimum absolute atomic E-state index is 0.205. The second-order valence-corrected chi connectivity index (χ2v) is 7.84. The molecule has 4 aromatic rings. The first-order chi connectivity index (χ1) is 15.1. The lowest BCUT2D eigenvalue weighted by atomic mass is 9.77. The predicted octanol–water partition coefficient (Wildman–Crippen LogP) is 2.85. The second kappa shape index (κ2) is 9.08. The summed E-state index contributed by atoms with van der Waals surface area (Å²) in [4.78, 5) is 8.02. The Balaban J connectivity index is 1.75. The first kappa shape index (κ1) is 20.7. The van der Waals surface area contributed by atoms with E-state index >= 15 is 0 Å². The molecule has 156 valence electrons. The highest BCUT2D eigenvalue weighted by atomic mass is 35.5. The molecule has 4 rings (SSSR count). The van der Waals surface area contributed by atoms with E-state index in [9.17, 15) is 5.11 Å². The van der Waals surface area contributed by atoms with E-state index in [2.05, 4.69) is 26.2 Å². The Kier molecular flexibility index (Phi) is 6.07. The van der Waals surface area contributed by atoms with Crippen molar-refractivity contribution in [2.45, 2.75) is 31.0 Å². The van der Waals surface area contributed by atoms with Crippen LogP contribution in [0.4, 0.5) is 0 Å². The number of aromatic nitrogens is 6. The van der Waals surface area contributed by atoms with E-state index < -0.39 is 5.60 Å². The molecule has 0 aliphatic heterocycles. The number of hydrogen-bond donors (Lipinski definition) is 1. The minimum Gasteiger partial charge on any atom is -0.385 e. The van der Waals surface area contributed by atoms with Gasteiger partial charge < -0.3 is 5.11 Å². The maximum Gasteiger partial charge on any atom is 0.137 e. The smallest absolute Gasteiger partial charge is 0.137 e. The summed E-state index contributed by atoms with van der Waals surface area (Å²) >= 11 is 6.12. The van der Waals surface area contributed by atoms with Crippen molar-refractivity contribution in [3.05, 3.63) is 95.6 Å². The van der Waals surface area contributed by atoms with Gasteiger partial charge in [-0.2, -0.15) is 15.5 Å². The van der Waals surface area contributed by atoms with Gasteiger partial charge in [-0.05, 0) is 41.8 Å². The van der Waals surface area contributed by atoms with Crippen molar-refractivity contribution in [2.75, 3.05) is 0 Å². The van der Waals surface area contributed by atoms with Crippen LogP contribution >= 0.6 is 11.6 Å². The van der Waals surface area contributed by atoms with Gasteiger partial charge in [-0.25, -0.2) is 19.3 Å². The number of halogens is 1. The number of nitrogens with zero attached hydrogens (tertiary/aromatic N) is 7. The van der Waals surface area contributed by atoms with Crippen molar-refractivity contribution in [1.29, 1.82) is 5.26 Å². The Morgan fingerprint density at radius 3 is 2.00 bits per heavy atom. The molecule has 0 fully saturated rings. The molecule has 0 aliphatic rings. The molecular weight excluding hydrogens is 414 g/mol. The van der Waals surface area contributed by atoms with Crippen LogP contribution < -0.4 is 0 Å². The lowest BCUT2D eigenvalue weighted by molar-refractivity contribution is -0.0262. The highest BCUT2D eigenvalue weighted by Crippen LogP contribution is 2.35. The van der Waals surface area contributed by atoms with Gasteiger partial charge in [-0.15, -0.1) is 0 Å². The van der Waals surface area contributed by atoms with E-state index in [4.69, 9.17) is 16.9 Å². The van der Waals surface area contributed by atoms with Crippen molar-refractivity contribution in [3.8, 4) is 6.07 Å². The van der Waals surface area contributed by atoms with Crippen LogP contribution in [0.25, 0.3) is 0 Å². The molecule has 0 aliphatic carbocycles. The van der Waals surface area contributed by atoms with Crippen LogP contribution in [0, 0.1) is 11.3 Å². The molecule has 31 heavy (non-hydrogen) atoms. The van der Waals surface area contributed by atoms with Crippen LogP contribution in [0.5, 0.6) is 0 Å². The third-order valence-corrected chi connectivity index (χ3v) is 5.50. The number of nitriles is 1. The summed E-state index contributed by atoms with van der Waals surface area (Å²) in [7, 11) is 0. The first-order valence-corrected chi connectivity index (χ1v) is 10.1. The van der Waals surface area contributed by atoms with Gasteiger partial charge in [0.25, 0.3) is 0 Å². The van der Waals surface area contributed by atoms with E-state index in [1.807, 2.05) is 36.4 Å². The molecule has 0 radical (unpaired) electrons. The van der Waals surface area contributed by atoms with Gasteiger partial charge >= 0.3 is 0 Å². The molecule has 1 atom stereocenters. The fraction of sp³-hybridized carbons (Fsp3) is 0.227. The molecule has 0 saturated carbocycles. The second-order valence-electron chi connectivity index (χ2n) is 7.41. The van der Waals surface area contributed by atoms with Gasteiger partial charge in [-0.1, -0.05) is 35.9 Å². The summed E-state index contributed by atoms with van der Waals surface area (Å²) in [5.41, 5.74) is 1.24. The first-order valence-electron chi connectivity index (χ1n) is 9.67. The molecule has 2 aromatic heterocycles. The monoisotopic (exact) mass is 433 g/mol. The summed E-state index contributed by atoms with van der Waals surface area (Å²) in [6.45, 7) is 0.410. The van der Waals surface area contributed by atoms with Crippen LogP contribution in [0.2, 0.25) is 5.02 Å². The molecule has 2 heterocycles. The normalized spacial score (nSPS) is 12.4. The number of hydrogen-bond acceptors (Lipinski definition) is 6. The molecule has 2 aromatic carbocycles. The molecule has 0 saturated heterocycles. The maximum atomic E-state index is 12.0. The fourth-order valence-corrected chi connectivity index (χ4v) is 3.85. The van der Waals surface area contributed by atoms with Crippen LogP contribution in [0.3, 0.4) is 0 Å². The zero-order valence-corrected chi connectivity index (χ0v) is 17.3. The topological polar surface area (TPSA) is 105 Å². The zero-order valence-electron chi connectivity index (χ0n) is 16.6. The lowest BCUT2D eigenvalue weighted by Gasteiger charge is -2.36. The van der Waals surface area contributed by atoms with E-state index in [1.165, 1.54) is 12.7 Å². The van der Waals surface area contributed by atoms with Crippen molar-refractivity contribution in [3.63, 3.8) is 0 Å². The quantitative estimate of drug-likeness (QED) is 0.458. The molecule has 9 heteroatoms. The van der Waals surface area contributed by atoms with E-state index in [1.54, 1.807) is 34.2 Å². The van der Waals surface area contributed by atoms with Gasteiger partial charge in [0.05, 0.1) is 24.7 Å². The average Bonchev–Trinajstić information content (AvgIpc) is 3.47. The average molecular weight is 434 g/mol. The van der Waals surface area contributed by atoms with Crippen molar-refractivity contribution in [2.24, 2.45) is 0 Å². The lowest BCUT2D eigenvalue weighted by Crippen LogP contribution is -2.46. The summed E-state index contributed by atoms with van der Waals surface area (Å²) in [5, 5.41) is 30.1. The third-order valence-electron chi connectivity index (χ3n) is 5.25. The van der Waals surface area contributed by atoms with Crippen LogP contribution in [-0.4, -0.2) is 40.2 Å². The van der Waals surface area contributed by atoms with Crippen LogP contribution in [-0.2, 0) is 19.5 Å². The predicted molar refractivity (Wildman–Crippen MR) is 114 cm³/mol. The van der Waals surface area contributed by atoms with Crippen LogP contribution in [0.1, 0.15) is 22.6 Å². The van der Waals surface area contributed by atoms with Gasteiger partial charge in [0.15, 0.2) is 0 Å². The standard InChI is InChI=1S/C22H20ClN7O/c23-20-7-5-19(6-8-20)21(9-17-1-3-18(10-24)4-2-17)22(31,11-29-15-25-13-27-29)12-30-16-26-14-28-30/h1-8,13-16,21,31H,9,11-12H2. The summed E-state index contributed by atoms with van der Waals surface area (Å²) < 4.78 is 3.22. The minimum atomic E-state index is -1.27. The largest absolute Gasteiger partial charge is 0.385 e. The van der Waals surface area contributed by atoms with Crippen molar-refractivity contribution < 1.29 is 5.11 Å². The SMILES string of the molecule is N#Cc1ccc(CC(c2ccc(Cl)cc2)C(O)(Cn2cncn2)Cn2cncn2)cc1. The molecular formula is C22H20ClN7O. The molecule has 1 N–H and O–H groups in total. The Bertz CT molecular complexity index is 1100. The van der Waals surface area contributed by atoms with E-state index in [-0.39, 0.29) is 19.0 Å². The Morgan fingerprint density at radius 2 is 1.52 bits per heavy atom. The van der Waals surface area contributed by atoms with Gasteiger partial charge in [0.1, 0.15) is 30.9 Å². The highest BCUT2D eigenvalue weighted by Gasteiger charge is 2.39. The highest BCUT2D eigenvalue weighted by molar-refractivity contribution is 6.30. The number of rotatable bonds is 8. The van der Waals surface area contributed by atoms with Gasteiger partial charge in [0, 0.05) is 10.9 Å². The fourth-order valence-electron chi connectivity index (χ4n) is 3.72. The van der Waals surface area contributed by atoms with E-state index in [0.29, 0.717) is 17.0 Å². The molecule has 8 nitrogen and oxygen atoms in total. The Labute approximate surface area is 184 Å². The van der Waals surface area contributed by atoms with E-state index in [0.717, 1.165) is 11.1 Å². The molecule has 0 amide bonds.